The Morgan fingerprint density at radius 1 is 1.61 bits per heavy atom. The predicted molar refractivity (Wildman–Crippen MR) is 76.9 cm³/mol. The predicted octanol–water partition coefficient (Wildman–Crippen LogP) is 2.01. The number of carbonyl (C=O) groups excluding carboxylic acids is 1. The fourth-order valence-electron chi connectivity index (χ4n) is 2.53. The van der Waals surface area contributed by atoms with Gasteiger partial charge in [-0.3, -0.25) is 4.79 Å². The van der Waals surface area contributed by atoms with Crippen molar-refractivity contribution in [3.8, 4) is 0 Å². The number of amides is 1. The number of aryl methyl sites for hydroxylation is 1. The lowest BCUT2D eigenvalue weighted by atomic mass is 10.2. The Kier molecular flexibility index (Phi) is 4.22. The summed E-state index contributed by atoms with van der Waals surface area (Å²) >= 11 is 2.00. The number of hydrogen-bond donors (Lipinski definition) is 2. The topological polar surface area (TPSA) is 60.1 Å². The van der Waals surface area contributed by atoms with Crippen molar-refractivity contribution in [2.45, 2.75) is 37.5 Å². The molecule has 4 nitrogen and oxygen atoms in total. The summed E-state index contributed by atoms with van der Waals surface area (Å²) in [5, 5.41) is 3.82. The first-order valence-electron chi connectivity index (χ1n) is 6.44. The van der Waals surface area contributed by atoms with Gasteiger partial charge in [0.15, 0.2) is 0 Å². The number of anilines is 1. The van der Waals surface area contributed by atoms with Gasteiger partial charge < -0.3 is 15.6 Å². The van der Waals surface area contributed by atoms with Gasteiger partial charge in [-0.15, -0.1) is 0 Å². The molecule has 1 heterocycles. The second-order valence-electron chi connectivity index (χ2n) is 4.83. The zero-order valence-corrected chi connectivity index (χ0v) is 11.8. The second-order valence-corrected chi connectivity index (χ2v) is 6.41. The SMILES string of the molecule is CCSC1CCC(NC(=O)c2cc(N)cn2C)C1. The van der Waals surface area contributed by atoms with Crippen LogP contribution >= 0.6 is 11.8 Å². The molecule has 2 rings (SSSR count). The molecule has 5 heteroatoms. The van der Waals surface area contributed by atoms with Gasteiger partial charge in [-0.05, 0) is 31.1 Å². The van der Waals surface area contributed by atoms with Gasteiger partial charge >= 0.3 is 0 Å². The van der Waals surface area contributed by atoms with Crippen LogP contribution in [0.1, 0.15) is 36.7 Å². The number of carbonyl (C=O) groups is 1. The summed E-state index contributed by atoms with van der Waals surface area (Å²) in [7, 11) is 1.84. The number of nitrogens with one attached hydrogen (secondary N) is 1. The smallest absolute Gasteiger partial charge is 0.268 e. The molecule has 2 atom stereocenters. The molecule has 1 saturated carbocycles. The minimum absolute atomic E-state index is 0.0126. The highest BCUT2D eigenvalue weighted by Crippen LogP contribution is 2.29. The average molecular weight is 267 g/mol. The van der Waals surface area contributed by atoms with Gasteiger partial charge in [0.05, 0.1) is 5.69 Å². The summed E-state index contributed by atoms with van der Waals surface area (Å²) in [6.45, 7) is 2.18. The third-order valence-electron chi connectivity index (χ3n) is 3.38. The largest absolute Gasteiger partial charge is 0.397 e. The lowest BCUT2D eigenvalue weighted by Crippen LogP contribution is -2.34. The first-order valence-corrected chi connectivity index (χ1v) is 7.49. The van der Waals surface area contributed by atoms with E-state index in [0.717, 1.165) is 18.6 Å². The van der Waals surface area contributed by atoms with Gasteiger partial charge in [0, 0.05) is 24.5 Å². The van der Waals surface area contributed by atoms with E-state index in [0.29, 0.717) is 22.7 Å². The third-order valence-corrected chi connectivity index (χ3v) is 4.61. The van der Waals surface area contributed by atoms with Gasteiger partial charge in [-0.2, -0.15) is 11.8 Å². The summed E-state index contributed by atoms with van der Waals surface area (Å²) in [6.07, 6.45) is 5.14. The van der Waals surface area contributed by atoms with Crippen LogP contribution in [0.25, 0.3) is 0 Å². The van der Waals surface area contributed by atoms with E-state index in [1.807, 2.05) is 18.8 Å². The Labute approximate surface area is 112 Å². The Balaban J connectivity index is 1.91. The number of thioether (sulfide) groups is 1. The molecule has 1 aliphatic carbocycles. The van der Waals surface area contributed by atoms with Crippen molar-refractivity contribution in [3.05, 3.63) is 18.0 Å². The van der Waals surface area contributed by atoms with E-state index < -0.39 is 0 Å². The van der Waals surface area contributed by atoms with Crippen molar-refractivity contribution < 1.29 is 4.79 Å². The molecule has 0 radical (unpaired) electrons. The Morgan fingerprint density at radius 2 is 2.39 bits per heavy atom. The van der Waals surface area contributed by atoms with Crippen LogP contribution in [0.2, 0.25) is 0 Å². The lowest BCUT2D eigenvalue weighted by Gasteiger charge is -2.13. The first kappa shape index (κ1) is 13.3. The maximum absolute atomic E-state index is 12.1. The van der Waals surface area contributed by atoms with E-state index >= 15 is 0 Å². The first-order chi connectivity index (χ1) is 8.60. The fraction of sp³-hybridized carbons (Fsp3) is 0.615. The molecular formula is C13H21N3OS. The highest BCUT2D eigenvalue weighted by molar-refractivity contribution is 7.99. The molecule has 3 N–H and O–H groups in total. The average Bonchev–Trinajstić information content (AvgIpc) is 2.86. The van der Waals surface area contributed by atoms with Crippen LogP contribution in [0.3, 0.4) is 0 Å². The molecule has 0 saturated heterocycles. The van der Waals surface area contributed by atoms with E-state index in [1.165, 1.54) is 6.42 Å². The van der Waals surface area contributed by atoms with Crippen LogP contribution < -0.4 is 11.1 Å². The van der Waals surface area contributed by atoms with Gasteiger partial charge in [-0.1, -0.05) is 6.92 Å². The van der Waals surface area contributed by atoms with Crippen LogP contribution in [0.15, 0.2) is 12.3 Å². The van der Waals surface area contributed by atoms with Crippen molar-refractivity contribution >= 4 is 23.4 Å². The highest BCUT2D eigenvalue weighted by atomic mass is 32.2. The van der Waals surface area contributed by atoms with Crippen LogP contribution in [0, 0.1) is 0 Å². The van der Waals surface area contributed by atoms with Crippen LogP contribution in [0.4, 0.5) is 5.69 Å². The van der Waals surface area contributed by atoms with Crippen molar-refractivity contribution in [1.29, 1.82) is 0 Å². The number of nitrogens with two attached hydrogens (primary N) is 1. The van der Waals surface area contributed by atoms with E-state index in [-0.39, 0.29) is 5.91 Å². The van der Waals surface area contributed by atoms with Crippen molar-refractivity contribution in [1.82, 2.24) is 9.88 Å². The van der Waals surface area contributed by atoms with E-state index in [9.17, 15) is 4.79 Å². The zero-order chi connectivity index (χ0) is 13.1. The van der Waals surface area contributed by atoms with Crippen molar-refractivity contribution in [2.75, 3.05) is 11.5 Å². The van der Waals surface area contributed by atoms with Gasteiger partial charge in [0.1, 0.15) is 5.69 Å². The summed E-state index contributed by atoms with van der Waals surface area (Å²) in [5.41, 5.74) is 6.95. The summed E-state index contributed by atoms with van der Waals surface area (Å²) in [6, 6.07) is 2.04. The molecule has 100 valence electrons. The Morgan fingerprint density at radius 3 is 3.00 bits per heavy atom. The molecule has 0 bridgehead atoms. The maximum atomic E-state index is 12.1. The van der Waals surface area contributed by atoms with Crippen LogP contribution in [0.5, 0.6) is 0 Å². The monoisotopic (exact) mass is 267 g/mol. The number of nitrogens with zero attached hydrogens (tertiary/aromatic N) is 1. The van der Waals surface area contributed by atoms with Crippen molar-refractivity contribution in [3.63, 3.8) is 0 Å². The molecular weight excluding hydrogens is 246 g/mol. The molecule has 1 aliphatic rings. The molecule has 1 amide bonds. The Bertz CT molecular complexity index is 430. The van der Waals surface area contributed by atoms with E-state index in [4.69, 9.17) is 5.73 Å². The quantitative estimate of drug-likeness (QED) is 0.877. The maximum Gasteiger partial charge on any atom is 0.268 e. The molecule has 0 spiro atoms. The highest BCUT2D eigenvalue weighted by Gasteiger charge is 2.26. The Hall–Kier alpha value is -1.10. The number of nitrogen functional groups attached to an aromatic ring is 1. The summed E-state index contributed by atoms with van der Waals surface area (Å²) in [4.78, 5) is 12.1. The fourth-order valence-corrected chi connectivity index (χ4v) is 3.68. The van der Waals surface area contributed by atoms with Gasteiger partial charge in [0.25, 0.3) is 5.91 Å². The van der Waals surface area contributed by atoms with Gasteiger partial charge in [-0.25, -0.2) is 0 Å². The normalized spacial score (nSPS) is 23.2. The van der Waals surface area contributed by atoms with E-state index in [2.05, 4.69) is 12.2 Å². The summed E-state index contributed by atoms with van der Waals surface area (Å²) in [5.74, 6) is 1.14. The second kappa shape index (κ2) is 5.69. The summed E-state index contributed by atoms with van der Waals surface area (Å²) < 4.78 is 1.78. The standard InChI is InChI=1S/C13H21N3OS/c1-3-18-11-5-4-10(7-11)15-13(17)12-6-9(14)8-16(12)2/h6,8,10-11H,3-5,7,14H2,1-2H3,(H,15,17). The molecule has 1 aromatic heterocycles. The van der Waals surface area contributed by atoms with E-state index in [1.54, 1.807) is 16.8 Å². The lowest BCUT2D eigenvalue weighted by molar-refractivity contribution is 0.0930. The molecule has 0 aromatic carbocycles. The number of rotatable bonds is 4. The zero-order valence-electron chi connectivity index (χ0n) is 11.0. The minimum atomic E-state index is -0.0126. The minimum Gasteiger partial charge on any atom is -0.397 e. The molecule has 1 fully saturated rings. The molecule has 2 unspecified atom stereocenters. The molecule has 1 aromatic rings. The van der Waals surface area contributed by atoms with Crippen LogP contribution in [-0.2, 0) is 7.05 Å². The number of aromatic nitrogens is 1. The number of hydrogen-bond acceptors (Lipinski definition) is 3. The third kappa shape index (κ3) is 3.02. The molecule has 0 aliphatic heterocycles. The van der Waals surface area contributed by atoms with Crippen molar-refractivity contribution in [2.24, 2.45) is 7.05 Å². The van der Waals surface area contributed by atoms with Crippen LogP contribution in [-0.4, -0.2) is 27.5 Å². The molecule has 18 heavy (non-hydrogen) atoms. The van der Waals surface area contributed by atoms with Gasteiger partial charge in [0.2, 0.25) is 0 Å².